The maximum atomic E-state index is 14.0. The van der Waals surface area contributed by atoms with Crippen molar-refractivity contribution in [1.82, 2.24) is 0 Å². The number of amides is 1. The Morgan fingerprint density at radius 1 is 1.10 bits per heavy atom. The van der Waals surface area contributed by atoms with E-state index in [9.17, 15) is 27.5 Å². The molecule has 29 heavy (non-hydrogen) atoms. The lowest BCUT2D eigenvalue weighted by atomic mass is 9.94. The number of fused-ring (bicyclic) bond motifs is 1. The summed E-state index contributed by atoms with van der Waals surface area (Å²) >= 11 is 0. The molecule has 1 amide bonds. The van der Waals surface area contributed by atoms with Crippen LogP contribution >= 0.6 is 0 Å². The minimum Gasteiger partial charge on any atom is -0.351 e. The van der Waals surface area contributed by atoms with Crippen molar-refractivity contribution in [3.63, 3.8) is 0 Å². The molecule has 1 heterocycles. The molecular weight excluding hydrogens is 386 g/mol. The first-order valence-electron chi connectivity index (χ1n) is 9.64. The summed E-state index contributed by atoms with van der Waals surface area (Å²) in [5.41, 5.74) is 0.908. The molecule has 0 aliphatic carbocycles. The van der Waals surface area contributed by atoms with Crippen molar-refractivity contribution in [2.24, 2.45) is 0 Å². The van der Waals surface area contributed by atoms with E-state index in [1.54, 1.807) is 4.90 Å². The Hall–Kier alpha value is -2.41. The summed E-state index contributed by atoms with van der Waals surface area (Å²) in [4.78, 5) is 14.9. The van der Waals surface area contributed by atoms with Crippen molar-refractivity contribution < 1.29 is 27.5 Å². The Balaban J connectivity index is 1.99. The lowest BCUT2D eigenvalue weighted by Gasteiger charge is -2.29. The number of rotatable bonds is 4. The van der Waals surface area contributed by atoms with Gasteiger partial charge in [0.15, 0.2) is 0 Å². The highest BCUT2D eigenvalue weighted by atomic mass is 19.4. The second kappa shape index (κ2) is 8.14. The third-order valence-electron chi connectivity index (χ3n) is 5.38. The van der Waals surface area contributed by atoms with E-state index in [-0.39, 0.29) is 11.8 Å². The highest BCUT2D eigenvalue weighted by Gasteiger charge is 2.56. The SMILES string of the molecule is CC[C@H](C(=O)N1CCCCc2cc(C(O)(F)C(F)(F)F)ccc21)c1ccccc1. The standard InChI is InChI=1S/C22H23F4NO2/c1-2-18(15-8-4-3-5-9-15)20(28)27-13-7-6-10-16-14-17(11-12-19(16)27)21(23,29)22(24,25)26/h3-5,8-9,11-12,14,18,29H,2,6-7,10,13H2,1H3/t18-,21?/m0/s1. The normalized spacial score (nSPS) is 17.8. The van der Waals surface area contributed by atoms with E-state index >= 15 is 0 Å². The first-order chi connectivity index (χ1) is 13.7. The first-order valence-corrected chi connectivity index (χ1v) is 9.64. The van der Waals surface area contributed by atoms with Crippen LogP contribution in [0, 0.1) is 0 Å². The molecular formula is C22H23F4NO2. The lowest BCUT2D eigenvalue weighted by molar-refractivity contribution is -0.323. The first kappa shape index (κ1) is 21.3. The summed E-state index contributed by atoms with van der Waals surface area (Å²) in [5, 5.41) is 9.37. The topological polar surface area (TPSA) is 40.5 Å². The van der Waals surface area contributed by atoms with Crippen LogP contribution < -0.4 is 4.90 Å². The van der Waals surface area contributed by atoms with Crippen LogP contribution in [-0.2, 0) is 17.1 Å². The summed E-state index contributed by atoms with van der Waals surface area (Å²) in [6.07, 6.45) is -3.13. The Kier molecular flexibility index (Phi) is 5.98. The van der Waals surface area contributed by atoms with Crippen molar-refractivity contribution in [2.75, 3.05) is 11.4 Å². The fourth-order valence-corrected chi connectivity index (χ4v) is 3.78. The number of benzene rings is 2. The molecule has 2 atom stereocenters. The van der Waals surface area contributed by atoms with Gasteiger partial charge in [0.25, 0.3) is 0 Å². The molecule has 1 aliphatic heterocycles. The number of nitrogens with zero attached hydrogens (tertiary/aromatic N) is 1. The number of hydrogen-bond donors (Lipinski definition) is 1. The molecule has 0 aromatic heterocycles. The summed E-state index contributed by atoms with van der Waals surface area (Å²) in [7, 11) is 0. The Bertz CT molecular complexity index is 865. The maximum Gasteiger partial charge on any atom is 0.453 e. The quantitative estimate of drug-likeness (QED) is 0.703. The molecule has 1 unspecified atom stereocenters. The van der Waals surface area contributed by atoms with Crippen LogP contribution in [-0.4, -0.2) is 23.7 Å². The number of halogens is 4. The number of carbonyl (C=O) groups is 1. The molecule has 0 saturated heterocycles. The Labute approximate surface area is 167 Å². The van der Waals surface area contributed by atoms with Gasteiger partial charge in [0.05, 0.1) is 5.92 Å². The van der Waals surface area contributed by atoms with Crippen molar-refractivity contribution in [3.05, 3.63) is 65.2 Å². The summed E-state index contributed by atoms with van der Waals surface area (Å²) in [6.45, 7) is 2.34. The van der Waals surface area contributed by atoms with Gasteiger partial charge in [-0.25, -0.2) is 0 Å². The van der Waals surface area contributed by atoms with Crippen molar-refractivity contribution in [1.29, 1.82) is 0 Å². The number of carbonyl (C=O) groups excluding carboxylic acids is 1. The average molecular weight is 409 g/mol. The van der Waals surface area contributed by atoms with Gasteiger partial charge in [-0.15, -0.1) is 0 Å². The van der Waals surface area contributed by atoms with E-state index in [1.807, 2.05) is 37.3 Å². The van der Waals surface area contributed by atoms with Crippen molar-refractivity contribution in [2.45, 2.75) is 50.6 Å². The molecule has 3 nitrogen and oxygen atoms in total. The molecule has 156 valence electrons. The van der Waals surface area contributed by atoms with Gasteiger partial charge in [0.1, 0.15) is 0 Å². The minimum atomic E-state index is -5.44. The fourth-order valence-electron chi connectivity index (χ4n) is 3.78. The molecule has 1 aliphatic rings. The van der Waals surface area contributed by atoms with Gasteiger partial charge >= 0.3 is 12.0 Å². The predicted octanol–water partition coefficient (Wildman–Crippen LogP) is 5.23. The molecule has 1 N–H and O–H groups in total. The second-order valence-electron chi connectivity index (χ2n) is 7.28. The van der Waals surface area contributed by atoms with Crippen LogP contribution in [0.3, 0.4) is 0 Å². The molecule has 3 rings (SSSR count). The predicted molar refractivity (Wildman–Crippen MR) is 102 cm³/mol. The zero-order valence-corrected chi connectivity index (χ0v) is 16.0. The highest BCUT2D eigenvalue weighted by molar-refractivity contribution is 5.98. The van der Waals surface area contributed by atoms with E-state index in [0.29, 0.717) is 43.5 Å². The lowest BCUT2D eigenvalue weighted by Crippen LogP contribution is -2.38. The molecule has 0 saturated carbocycles. The number of aryl methyl sites for hydroxylation is 1. The fraction of sp³-hybridized carbons (Fsp3) is 0.409. The maximum absolute atomic E-state index is 14.0. The monoisotopic (exact) mass is 409 g/mol. The molecule has 0 spiro atoms. The van der Waals surface area contributed by atoms with Crippen LogP contribution in [0.4, 0.5) is 23.2 Å². The van der Waals surface area contributed by atoms with Gasteiger partial charge in [-0.1, -0.05) is 43.3 Å². The number of alkyl halides is 4. The summed E-state index contributed by atoms with van der Waals surface area (Å²) < 4.78 is 52.7. The van der Waals surface area contributed by atoms with E-state index < -0.39 is 17.6 Å². The van der Waals surface area contributed by atoms with E-state index in [0.717, 1.165) is 17.7 Å². The van der Waals surface area contributed by atoms with Crippen LogP contribution in [0.2, 0.25) is 0 Å². The minimum absolute atomic E-state index is 0.138. The van der Waals surface area contributed by atoms with Gasteiger partial charge in [-0.2, -0.15) is 17.6 Å². The van der Waals surface area contributed by atoms with E-state index in [4.69, 9.17) is 0 Å². The molecule has 7 heteroatoms. The van der Waals surface area contributed by atoms with Crippen LogP contribution in [0.15, 0.2) is 48.5 Å². The van der Waals surface area contributed by atoms with Gasteiger partial charge in [-0.05, 0) is 48.9 Å². The van der Waals surface area contributed by atoms with Crippen LogP contribution in [0.5, 0.6) is 0 Å². The Morgan fingerprint density at radius 2 is 1.79 bits per heavy atom. The largest absolute Gasteiger partial charge is 0.453 e. The van der Waals surface area contributed by atoms with Gasteiger partial charge in [-0.3, -0.25) is 4.79 Å². The van der Waals surface area contributed by atoms with Crippen LogP contribution in [0.25, 0.3) is 0 Å². The zero-order chi connectivity index (χ0) is 21.2. The Morgan fingerprint density at radius 3 is 2.41 bits per heavy atom. The van der Waals surface area contributed by atoms with Crippen molar-refractivity contribution in [3.8, 4) is 0 Å². The summed E-state index contributed by atoms with van der Waals surface area (Å²) in [6, 6.07) is 12.6. The molecule has 0 radical (unpaired) electrons. The average Bonchev–Trinajstić information content (AvgIpc) is 2.90. The zero-order valence-electron chi connectivity index (χ0n) is 16.0. The van der Waals surface area contributed by atoms with Crippen molar-refractivity contribution >= 4 is 11.6 Å². The van der Waals surface area contributed by atoms with Gasteiger partial charge in [0.2, 0.25) is 5.91 Å². The molecule has 2 aromatic rings. The number of aliphatic hydroxyl groups is 1. The smallest absolute Gasteiger partial charge is 0.351 e. The number of anilines is 1. The second-order valence-corrected chi connectivity index (χ2v) is 7.28. The van der Waals surface area contributed by atoms with E-state index in [2.05, 4.69) is 0 Å². The highest BCUT2D eigenvalue weighted by Crippen LogP contribution is 2.42. The summed E-state index contributed by atoms with van der Waals surface area (Å²) in [5.74, 6) is -4.95. The molecule has 0 bridgehead atoms. The third-order valence-corrected chi connectivity index (χ3v) is 5.38. The van der Waals surface area contributed by atoms with Crippen LogP contribution in [0.1, 0.15) is 48.8 Å². The molecule has 2 aromatic carbocycles. The van der Waals surface area contributed by atoms with Gasteiger partial charge in [0, 0.05) is 17.8 Å². The van der Waals surface area contributed by atoms with Gasteiger partial charge < -0.3 is 10.0 Å². The number of hydrogen-bond acceptors (Lipinski definition) is 2. The molecule has 0 fully saturated rings. The van der Waals surface area contributed by atoms with E-state index in [1.165, 1.54) is 6.07 Å². The third kappa shape index (κ3) is 4.15.